The fourth-order valence-corrected chi connectivity index (χ4v) is 1.44. The number of halogens is 3. The maximum Gasteiger partial charge on any atom is 0.387 e. The lowest BCUT2D eigenvalue weighted by atomic mass is 10.2. The van der Waals surface area contributed by atoms with Crippen LogP contribution in [0.2, 0.25) is 5.02 Å². The number of carboxylic acids is 1. The van der Waals surface area contributed by atoms with Crippen molar-refractivity contribution in [2.75, 3.05) is 6.54 Å². The minimum atomic E-state index is -2.95. The average Bonchev–Trinajstić information content (AvgIpc) is 2.21. The zero-order valence-corrected chi connectivity index (χ0v) is 9.38. The third-order valence-corrected chi connectivity index (χ3v) is 2.22. The van der Waals surface area contributed by atoms with Gasteiger partial charge in [-0.1, -0.05) is 17.7 Å². The van der Waals surface area contributed by atoms with Crippen molar-refractivity contribution in [3.63, 3.8) is 0 Å². The smallest absolute Gasteiger partial charge is 0.387 e. The second kappa shape index (κ2) is 6.36. The van der Waals surface area contributed by atoms with Gasteiger partial charge in [-0.3, -0.25) is 4.79 Å². The van der Waals surface area contributed by atoms with Crippen molar-refractivity contribution in [2.24, 2.45) is 0 Å². The molecule has 0 saturated carbocycles. The third-order valence-electron chi connectivity index (χ3n) is 1.87. The monoisotopic (exact) mass is 265 g/mol. The molecule has 0 unspecified atom stereocenters. The van der Waals surface area contributed by atoms with E-state index in [9.17, 15) is 13.6 Å². The summed E-state index contributed by atoms with van der Waals surface area (Å²) < 4.78 is 28.5. The Balaban J connectivity index is 2.76. The van der Waals surface area contributed by atoms with Crippen molar-refractivity contribution in [1.29, 1.82) is 0 Å². The van der Waals surface area contributed by atoms with Crippen LogP contribution in [0.1, 0.15) is 5.56 Å². The number of hydrogen-bond donors (Lipinski definition) is 2. The van der Waals surface area contributed by atoms with Crippen LogP contribution < -0.4 is 10.1 Å². The highest BCUT2D eigenvalue weighted by atomic mass is 35.5. The molecule has 0 radical (unpaired) electrons. The van der Waals surface area contributed by atoms with E-state index < -0.39 is 12.6 Å². The van der Waals surface area contributed by atoms with Crippen LogP contribution in [0.3, 0.4) is 0 Å². The first-order valence-corrected chi connectivity index (χ1v) is 5.03. The molecule has 2 N–H and O–H groups in total. The van der Waals surface area contributed by atoms with Crippen LogP contribution in [0, 0.1) is 0 Å². The topological polar surface area (TPSA) is 58.6 Å². The molecule has 0 spiro atoms. The van der Waals surface area contributed by atoms with Gasteiger partial charge in [0.25, 0.3) is 0 Å². The summed E-state index contributed by atoms with van der Waals surface area (Å²) in [7, 11) is 0. The highest BCUT2D eigenvalue weighted by Gasteiger charge is 2.12. The van der Waals surface area contributed by atoms with Crippen LogP contribution in [0.15, 0.2) is 18.2 Å². The summed E-state index contributed by atoms with van der Waals surface area (Å²) >= 11 is 5.82. The number of alkyl halides is 2. The maximum absolute atomic E-state index is 12.1. The fourth-order valence-electron chi connectivity index (χ4n) is 1.21. The maximum atomic E-state index is 12.1. The lowest BCUT2D eigenvalue weighted by Crippen LogP contribution is -2.22. The Kier molecular flexibility index (Phi) is 5.11. The van der Waals surface area contributed by atoms with Gasteiger partial charge in [-0.2, -0.15) is 8.78 Å². The number of ether oxygens (including phenoxy) is 1. The molecule has 94 valence electrons. The van der Waals surface area contributed by atoms with Gasteiger partial charge in [0, 0.05) is 17.1 Å². The van der Waals surface area contributed by atoms with Crippen molar-refractivity contribution in [2.45, 2.75) is 13.2 Å². The Bertz CT molecular complexity index is 401. The largest absolute Gasteiger partial charge is 0.480 e. The molecule has 0 aliphatic rings. The molecular weight excluding hydrogens is 256 g/mol. The SMILES string of the molecule is O=C(O)CNCc1c(Cl)cccc1OC(F)F. The van der Waals surface area contributed by atoms with Gasteiger partial charge in [0.15, 0.2) is 0 Å². The number of nitrogens with one attached hydrogen (secondary N) is 1. The predicted octanol–water partition coefficient (Wildman–Crippen LogP) is 2.12. The standard InChI is InChI=1S/C10H10ClF2NO3/c11-7-2-1-3-8(17-10(12)13)6(7)4-14-5-9(15)16/h1-3,10,14H,4-5H2,(H,15,16). The molecular formula is C10H10ClF2NO3. The van der Waals surface area contributed by atoms with E-state index in [-0.39, 0.29) is 23.9 Å². The molecule has 1 aromatic rings. The van der Waals surface area contributed by atoms with Gasteiger partial charge in [0.2, 0.25) is 0 Å². The Labute approximate surface area is 101 Å². The van der Waals surface area contributed by atoms with Crippen molar-refractivity contribution in [3.8, 4) is 5.75 Å². The first-order valence-electron chi connectivity index (χ1n) is 4.65. The zero-order chi connectivity index (χ0) is 12.8. The molecule has 4 nitrogen and oxygen atoms in total. The summed E-state index contributed by atoms with van der Waals surface area (Å²) in [5.74, 6) is -1.11. The summed E-state index contributed by atoms with van der Waals surface area (Å²) in [6, 6.07) is 4.33. The molecule has 0 bridgehead atoms. The molecule has 0 fully saturated rings. The van der Waals surface area contributed by atoms with Gasteiger partial charge in [-0.15, -0.1) is 0 Å². The van der Waals surface area contributed by atoms with E-state index in [1.165, 1.54) is 18.2 Å². The molecule has 17 heavy (non-hydrogen) atoms. The Morgan fingerprint density at radius 2 is 2.24 bits per heavy atom. The molecule has 0 saturated heterocycles. The van der Waals surface area contributed by atoms with Crippen molar-refractivity contribution >= 4 is 17.6 Å². The Morgan fingerprint density at radius 3 is 2.82 bits per heavy atom. The second-order valence-corrected chi connectivity index (χ2v) is 3.50. The van der Waals surface area contributed by atoms with E-state index >= 15 is 0 Å². The second-order valence-electron chi connectivity index (χ2n) is 3.09. The normalized spacial score (nSPS) is 10.6. The van der Waals surface area contributed by atoms with Crippen LogP contribution in [-0.4, -0.2) is 24.2 Å². The van der Waals surface area contributed by atoms with Crippen LogP contribution in [-0.2, 0) is 11.3 Å². The lowest BCUT2D eigenvalue weighted by molar-refractivity contribution is -0.136. The molecule has 0 aliphatic carbocycles. The molecule has 1 aromatic carbocycles. The van der Waals surface area contributed by atoms with Crippen LogP contribution >= 0.6 is 11.6 Å². The van der Waals surface area contributed by atoms with Gasteiger partial charge in [0.1, 0.15) is 5.75 Å². The van der Waals surface area contributed by atoms with Crippen molar-refractivity contribution in [3.05, 3.63) is 28.8 Å². The van der Waals surface area contributed by atoms with E-state index in [2.05, 4.69) is 10.1 Å². The summed E-state index contributed by atoms with van der Waals surface area (Å²) in [4.78, 5) is 10.3. The summed E-state index contributed by atoms with van der Waals surface area (Å²) in [6.07, 6.45) is 0. The molecule has 0 aromatic heterocycles. The minimum Gasteiger partial charge on any atom is -0.480 e. The number of rotatable bonds is 6. The number of benzene rings is 1. The summed E-state index contributed by atoms with van der Waals surface area (Å²) in [5, 5.41) is 11.2. The van der Waals surface area contributed by atoms with Crippen molar-refractivity contribution in [1.82, 2.24) is 5.32 Å². The first kappa shape index (κ1) is 13.7. The highest BCUT2D eigenvalue weighted by Crippen LogP contribution is 2.27. The molecule has 0 amide bonds. The van der Waals surface area contributed by atoms with E-state index in [1.54, 1.807) is 0 Å². The van der Waals surface area contributed by atoms with Crippen molar-refractivity contribution < 1.29 is 23.4 Å². The quantitative estimate of drug-likeness (QED) is 0.827. The first-order chi connectivity index (χ1) is 8.00. The van der Waals surface area contributed by atoms with Gasteiger partial charge < -0.3 is 15.2 Å². The Hall–Kier alpha value is -1.40. The van der Waals surface area contributed by atoms with Gasteiger partial charge in [-0.25, -0.2) is 0 Å². The minimum absolute atomic E-state index is 0.0357. The zero-order valence-electron chi connectivity index (χ0n) is 8.62. The number of hydrogen-bond acceptors (Lipinski definition) is 3. The van der Waals surface area contributed by atoms with Crippen LogP contribution in [0.4, 0.5) is 8.78 Å². The van der Waals surface area contributed by atoms with Gasteiger partial charge >= 0.3 is 12.6 Å². The van der Waals surface area contributed by atoms with E-state index in [1.807, 2.05) is 0 Å². The van der Waals surface area contributed by atoms with Gasteiger partial charge in [-0.05, 0) is 12.1 Å². The average molecular weight is 266 g/mol. The number of carboxylic acid groups (broad SMARTS) is 1. The van der Waals surface area contributed by atoms with E-state index in [0.29, 0.717) is 5.56 Å². The number of carbonyl (C=O) groups is 1. The van der Waals surface area contributed by atoms with E-state index in [4.69, 9.17) is 16.7 Å². The molecule has 0 heterocycles. The summed E-state index contributed by atoms with van der Waals surface area (Å²) in [6.45, 7) is -3.21. The number of aliphatic carboxylic acids is 1. The highest BCUT2D eigenvalue weighted by molar-refractivity contribution is 6.31. The Morgan fingerprint density at radius 1 is 1.53 bits per heavy atom. The third kappa shape index (κ3) is 4.54. The molecule has 7 heteroatoms. The van der Waals surface area contributed by atoms with Crippen LogP contribution in [0.5, 0.6) is 5.75 Å². The lowest BCUT2D eigenvalue weighted by Gasteiger charge is -2.12. The molecule has 1 rings (SSSR count). The van der Waals surface area contributed by atoms with Gasteiger partial charge in [0.05, 0.1) is 6.54 Å². The predicted molar refractivity (Wildman–Crippen MR) is 57.4 cm³/mol. The van der Waals surface area contributed by atoms with Crippen LogP contribution in [0.25, 0.3) is 0 Å². The molecule has 0 atom stereocenters. The van der Waals surface area contributed by atoms with E-state index in [0.717, 1.165) is 0 Å². The summed E-state index contributed by atoms with van der Waals surface area (Å²) in [5.41, 5.74) is 0.302. The molecule has 0 aliphatic heterocycles. The fraction of sp³-hybridized carbons (Fsp3) is 0.300.